The number of carbonyl (C=O) groups excluding carboxylic acids is 1. The third-order valence-corrected chi connectivity index (χ3v) is 1.81. The first-order chi connectivity index (χ1) is 6.55. The number of aliphatic hydroxyl groups is 2. The van der Waals surface area contributed by atoms with Crippen LogP contribution in [-0.4, -0.2) is 27.9 Å². The first-order valence-corrected chi connectivity index (χ1v) is 4.97. The summed E-state index contributed by atoms with van der Waals surface area (Å²) in [4.78, 5) is 9.60. The molecule has 95 valence electrons. The largest absolute Gasteiger partial charge is 0.511 e. The van der Waals surface area contributed by atoms with Gasteiger partial charge in [-0.2, -0.15) is 0 Å². The molecule has 0 rings (SSSR count). The number of aliphatic hydroxyl groups excluding tert-OH is 2. The van der Waals surface area contributed by atoms with Crippen molar-refractivity contribution in [1.29, 1.82) is 0 Å². The molecule has 0 aliphatic heterocycles. The van der Waals surface area contributed by atoms with Crippen LogP contribution in [0, 0.1) is 10.8 Å². The maximum absolute atomic E-state index is 9.60. The van der Waals surface area contributed by atoms with Gasteiger partial charge in [0, 0.05) is 34.9 Å². The van der Waals surface area contributed by atoms with Crippen molar-refractivity contribution in [2.24, 2.45) is 10.8 Å². The number of rotatable bonds is 1. The van der Waals surface area contributed by atoms with Crippen LogP contribution >= 0.6 is 0 Å². The van der Waals surface area contributed by atoms with Gasteiger partial charge in [-0.3, -0.25) is 4.79 Å². The van der Waals surface area contributed by atoms with Gasteiger partial charge in [-0.1, -0.05) is 20.8 Å². The third-order valence-electron chi connectivity index (χ3n) is 1.81. The minimum Gasteiger partial charge on any atom is -0.511 e. The van der Waals surface area contributed by atoms with Crippen molar-refractivity contribution < 1.29 is 37.4 Å². The fourth-order valence-electron chi connectivity index (χ4n) is 0.563. The summed E-state index contributed by atoms with van der Waals surface area (Å²) in [7, 11) is 1.00. The van der Waals surface area contributed by atoms with Gasteiger partial charge in [0.2, 0.25) is 0 Å². The number of ketones is 1. The SMILES string of the molecule is CC(C)(C)C(=[OH+])/C=C(\O)C(C)(C)C.CO.[Ta]. The van der Waals surface area contributed by atoms with E-state index >= 15 is 0 Å². The van der Waals surface area contributed by atoms with E-state index in [1.807, 2.05) is 41.5 Å². The first-order valence-electron chi connectivity index (χ1n) is 4.97. The van der Waals surface area contributed by atoms with Crippen LogP contribution in [0.2, 0.25) is 0 Å². The van der Waals surface area contributed by atoms with E-state index in [-0.39, 0.29) is 44.8 Å². The molecule has 3 nitrogen and oxygen atoms in total. The van der Waals surface area contributed by atoms with E-state index in [4.69, 9.17) is 5.11 Å². The molecule has 3 N–H and O–H groups in total. The molecule has 0 aromatic heterocycles. The second kappa shape index (κ2) is 8.07. The topological polar surface area (TPSA) is 61.9 Å². The standard InChI is InChI=1S/C11H20O2.CH4O.Ta/c1-10(2,3)8(12)7-9(13)11(4,5)6;1-2;/h7,12H,1-6H3;2H,1H3;/p+1/b8-7-;;. The van der Waals surface area contributed by atoms with Crippen LogP contribution in [0.5, 0.6) is 0 Å². The molecule has 0 aromatic rings. The molecule has 0 amide bonds. The van der Waals surface area contributed by atoms with Crippen LogP contribution in [0.4, 0.5) is 0 Å². The average molecular weight is 398 g/mol. The second-order valence-corrected chi connectivity index (χ2v) is 5.41. The number of allylic oxidation sites excluding steroid dienone is 2. The summed E-state index contributed by atoms with van der Waals surface area (Å²) in [6, 6.07) is 0. The van der Waals surface area contributed by atoms with Gasteiger partial charge >= 0.3 is 5.78 Å². The Balaban J connectivity index is -0.000000529. The molecule has 0 atom stereocenters. The quantitative estimate of drug-likeness (QED) is 0.405. The smallest absolute Gasteiger partial charge is 0.325 e. The summed E-state index contributed by atoms with van der Waals surface area (Å²) in [5.74, 6) is 0.417. The minimum absolute atomic E-state index is 0. The van der Waals surface area contributed by atoms with Crippen LogP contribution in [0.15, 0.2) is 11.8 Å². The van der Waals surface area contributed by atoms with Crippen molar-refractivity contribution in [3.8, 4) is 0 Å². The minimum atomic E-state index is -0.306. The zero-order chi connectivity index (χ0) is 12.9. The Morgan fingerprint density at radius 1 is 0.938 bits per heavy atom. The Bertz CT molecular complexity index is 232. The average Bonchev–Trinajstić information content (AvgIpc) is 2.04. The van der Waals surface area contributed by atoms with Crippen molar-refractivity contribution in [2.75, 3.05) is 7.11 Å². The second-order valence-electron chi connectivity index (χ2n) is 5.41. The molecule has 1 radical (unpaired) electrons. The van der Waals surface area contributed by atoms with Crippen LogP contribution in [-0.2, 0) is 22.4 Å². The van der Waals surface area contributed by atoms with Crippen LogP contribution in [0.3, 0.4) is 0 Å². The van der Waals surface area contributed by atoms with E-state index in [0.717, 1.165) is 7.11 Å². The van der Waals surface area contributed by atoms with E-state index in [2.05, 4.69) is 0 Å². The summed E-state index contributed by atoms with van der Waals surface area (Å²) in [5, 5.41) is 16.6. The fraction of sp³-hybridized carbons (Fsp3) is 0.750. The predicted molar refractivity (Wildman–Crippen MR) is 64.7 cm³/mol. The molecule has 16 heavy (non-hydrogen) atoms. The monoisotopic (exact) mass is 398 g/mol. The van der Waals surface area contributed by atoms with E-state index in [0.29, 0.717) is 0 Å². The molecule has 0 unspecified atom stereocenters. The number of hydrogen-bond donors (Lipinski definition) is 2. The van der Waals surface area contributed by atoms with Crippen LogP contribution in [0.1, 0.15) is 41.5 Å². The van der Waals surface area contributed by atoms with Crippen molar-refractivity contribution >= 4 is 5.78 Å². The first kappa shape index (κ1) is 21.2. The van der Waals surface area contributed by atoms with E-state index < -0.39 is 0 Å². The molecule has 0 saturated heterocycles. The van der Waals surface area contributed by atoms with Gasteiger partial charge in [-0.25, -0.2) is 0 Å². The number of hydrogen-bond acceptors (Lipinski definition) is 2. The molecule has 0 saturated carbocycles. The van der Waals surface area contributed by atoms with Gasteiger partial charge in [-0.15, -0.1) is 0 Å². The molecule has 4 heteroatoms. The van der Waals surface area contributed by atoms with Crippen molar-refractivity contribution in [1.82, 2.24) is 0 Å². The summed E-state index contributed by atoms with van der Waals surface area (Å²) in [6.07, 6.45) is 1.44. The molecule has 0 spiro atoms. The molecule has 0 heterocycles. The van der Waals surface area contributed by atoms with Crippen LogP contribution in [0.25, 0.3) is 0 Å². The summed E-state index contributed by atoms with van der Waals surface area (Å²) >= 11 is 0. The Kier molecular flexibility index (Phi) is 10.7. The van der Waals surface area contributed by atoms with E-state index in [1.54, 1.807) is 0 Å². The maximum Gasteiger partial charge on any atom is 0.325 e. The summed E-state index contributed by atoms with van der Waals surface area (Å²) < 4.78 is 0. The summed E-state index contributed by atoms with van der Waals surface area (Å²) in [6.45, 7) is 11.4. The predicted octanol–water partition coefficient (Wildman–Crippen LogP) is 2.67. The Labute approximate surface area is 114 Å². The molecular weight excluding hydrogens is 373 g/mol. The molecule has 0 aromatic carbocycles. The fourth-order valence-corrected chi connectivity index (χ4v) is 0.563. The van der Waals surface area contributed by atoms with Gasteiger partial charge in [0.05, 0.1) is 11.5 Å². The summed E-state index contributed by atoms with van der Waals surface area (Å²) in [5.41, 5.74) is -0.613. The Morgan fingerprint density at radius 2 is 1.25 bits per heavy atom. The van der Waals surface area contributed by atoms with Gasteiger partial charge < -0.3 is 10.2 Å². The van der Waals surface area contributed by atoms with Gasteiger partial charge in [-0.05, 0) is 20.8 Å². The van der Waals surface area contributed by atoms with Crippen LogP contribution < -0.4 is 0 Å². The van der Waals surface area contributed by atoms with Crippen molar-refractivity contribution in [2.45, 2.75) is 41.5 Å². The van der Waals surface area contributed by atoms with Crippen molar-refractivity contribution in [3.05, 3.63) is 11.8 Å². The zero-order valence-electron chi connectivity index (χ0n) is 11.4. The van der Waals surface area contributed by atoms with Gasteiger partial charge in [0.25, 0.3) is 0 Å². The van der Waals surface area contributed by atoms with Gasteiger partial charge in [0.15, 0.2) is 0 Å². The normalized spacial score (nSPS) is 12.1. The zero-order valence-corrected chi connectivity index (χ0v) is 14.6. The molecule has 0 bridgehead atoms. The van der Waals surface area contributed by atoms with E-state index in [9.17, 15) is 9.90 Å². The third kappa shape index (κ3) is 9.16. The van der Waals surface area contributed by atoms with Gasteiger partial charge in [0.1, 0.15) is 5.76 Å². The molecule has 0 aliphatic carbocycles. The Morgan fingerprint density at radius 3 is 1.44 bits per heavy atom. The molecule has 0 aliphatic rings. The Hall–Kier alpha value is -0.0897. The molecular formula is C12H25O3Ta+. The van der Waals surface area contributed by atoms with E-state index in [1.165, 1.54) is 6.08 Å². The maximum atomic E-state index is 9.60. The molecule has 0 fully saturated rings. The van der Waals surface area contributed by atoms with Crippen molar-refractivity contribution in [3.63, 3.8) is 0 Å².